The van der Waals surface area contributed by atoms with Gasteiger partial charge in [-0.15, -0.1) is 0 Å². The van der Waals surface area contributed by atoms with E-state index in [0.717, 1.165) is 0 Å². The highest BCUT2D eigenvalue weighted by atomic mass is 32.2. The van der Waals surface area contributed by atoms with Crippen molar-refractivity contribution in [3.63, 3.8) is 0 Å². The number of carbonyl (C=O) groups excluding carboxylic acids is 1. The van der Waals surface area contributed by atoms with Crippen molar-refractivity contribution in [3.05, 3.63) is 36.7 Å². The summed E-state index contributed by atoms with van der Waals surface area (Å²) in [6.45, 7) is 0. The second-order valence-electron chi connectivity index (χ2n) is 4.33. The van der Waals surface area contributed by atoms with Crippen molar-refractivity contribution < 1.29 is 17.9 Å². The fraction of sp³-hybridized carbons (Fsp3) is 0.231. The fourth-order valence-electron chi connectivity index (χ4n) is 1.82. The van der Waals surface area contributed by atoms with Crippen LogP contribution in [-0.4, -0.2) is 36.7 Å². The number of para-hydroxylation sites is 2. The maximum Gasteiger partial charge on any atom is 0.240 e. The van der Waals surface area contributed by atoms with Gasteiger partial charge in [-0.2, -0.15) is 0 Å². The summed E-state index contributed by atoms with van der Waals surface area (Å²) < 4.78 is 30.6. The van der Waals surface area contributed by atoms with Gasteiger partial charge >= 0.3 is 0 Å². The van der Waals surface area contributed by atoms with Crippen LogP contribution in [0.2, 0.25) is 0 Å². The van der Waals surface area contributed by atoms with E-state index >= 15 is 0 Å². The summed E-state index contributed by atoms with van der Waals surface area (Å²) >= 11 is 0. The molecule has 1 aromatic heterocycles. The topological polar surface area (TPSA) is 90.3 Å². The molecular weight excluding hydrogens is 294 g/mol. The number of aromatic nitrogens is 2. The van der Waals surface area contributed by atoms with Crippen LogP contribution in [0.15, 0.2) is 41.8 Å². The zero-order chi connectivity index (χ0) is 15.5. The highest BCUT2D eigenvalue weighted by Gasteiger charge is 2.23. The Morgan fingerprint density at radius 1 is 1.38 bits per heavy atom. The molecule has 0 spiro atoms. The highest BCUT2D eigenvalue weighted by molar-refractivity contribution is 7.92. The molecule has 0 saturated heterocycles. The number of aryl methyl sites for hydroxylation is 1. The van der Waals surface area contributed by atoms with E-state index in [1.165, 1.54) is 24.1 Å². The Labute approximate surface area is 122 Å². The van der Waals surface area contributed by atoms with Crippen molar-refractivity contribution in [2.24, 2.45) is 7.05 Å². The molecule has 1 aromatic carbocycles. The summed E-state index contributed by atoms with van der Waals surface area (Å²) in [4.78, 5) is 15.7. The SMILES string of the molecule is COc1ccccc1NC(=O)CS(=O)(=O)c1nccn1C. The Hall–Kier alpha value is -2.35. The Kier molecular flexibility index (Phi) is 4.27. The number of rotatable bonds is 5. The third kappa shape index (κ3) is 3.40. The number of sulfone groups is 1. The number of benzene rings is 1. The van der Waals surface area contributed by atoms with E-state index in [1.54, 1.807) is 31.3 Å². The zero-order valence-corrected chi connectivity index (χ0v) is 12.4. The first-order chi connectivity index (χ1) is 9.94. The van der Waals surface area contributed by atoms with Crippen LogP contribution in [0.25, 0.3) is 0 Å². The molecule has 8 heteroatoms. The summed E-state index contributed by atoms with van der Waals surface area (Å²) in [5.74, 6) is -0.877. The van der Waals surface area contributed by atoms with Gasteiger partial charge < -0.3 is 14.6 Å². The van der Waals surface area contributed by atoms with E-state index in [4.69, 9.17) is 4.74 Å². The van der Waals surface area contributed by atoms with Crippen molar-refractivity contribution in [1.82, 2.24) is 9.55 Å². The van der Waals surface area contributed by atoms with Gasteiger partial charge in [0.25, 0.3) is 0 Å². The number of imidazole rings is 1. The lowest BCUT2D eigenvalue weighted by Crippen LogP contribution is -2.24. The molecule has 2 aromatic rings. The molecule has 0 saturated carbocycles. The van der Waals surface area contributed by atoms with E-state index < -0.39 is 21.5 Å². The van der Waals surface area contributed by atoms with Gasteiger partial charge in [-0.1, -0.05) is 12.1 Å². The van der Waals surface area contributed by atoms with Crippen LogP contribution in [0.5, 0.6) is 5.75 Å². The molecule has 0 aliphatic rings. The fourth-order valence-corrected chi connectivity index (χ4v) is 3.09. The normalized spacial score (nSPS) is 11.1. The van der Waals surface area contributed by atoms with Gasteiger partial charge in [0.1, 0.15) is 11.5 Å². The van der Waals surface area contributed by atoms with E-state index in [2.05, 4.69) is 10.3 Å². The number of nitrogens with zero attached hydrogens (tertiary/aromatic N) is 2. The number of amides is 1. The average Bonchev–Trinajstić information content (AvgIpc) is 2.86. The van der Waals surface area contributed by atoms with Gasteiger partial charge in [-0.25, -0.2) is 13.4 Å². The van der Waals surface area contributed by atoms with Crippen LogP contribution >= 0.6 is 0 Å². The Morgan fingerprint density at radius 3 is 2.71 bits per heavy atom. The molecule has 21 heavy (non-hydrogen) atoms. The first-order valence-corrected chi connectivity index (χ1v) is 7.72. The maximum atomic E-state index is 12.1. The van der Waals surface area contributed by atoms with Gasteiger partial charge in [0.15, 0.2) is 0 Å². The lowest BCUT2D eigenvalue weighted by atomic mass is 10.3. The van der Waals surface area contributed by atoms with Crippen LogP contribution in [0.3, 0.4) is 0 Å². The van der Waals surface area contributed by atoms with Gasteiger partial charge in [-0.05, 0) is 12.1 Å². The Morgan fingerprint density at radius 2 is 2.10 bits per heavy atom. The van der Waals surface area contributed by atoms with Gasteiger partial charge in [-0.3, -0.25) is 4.79 Å². The van der Waals surface area contributed by atoms with Crippen molar-refractivity contribution in [3.8, 4) is 5.75 Å². The summed E-state index contributed by atoms with van der Waals surface area (Å²) in [5.41, 5.74) is 0.417. The van der Waals surface area contributed by atoms with Gasteiger partial charge in [0.05, 0.1) is 12.8 Å². The molecule has 112 valence electrons. The summed E-state index contributed by atoms with van der Waals surface area (Å²) in [6.07, 6.45) is 2.87. The molecule has 0 aliphatic carbocycles. The molecule has 0 radical (unpaired) electrons. The second-order valence-corrected chi connectivity index (χ2v) is 6.21. The number of nitrogens with one attached hydrogen (secondary N) is 1. The third-order valence-electron chi connectivity index (χ3n) is 2.76. The molecule has 2 rings (SSSR count). The maximum absolute atomic E-state index is 12.1. The monoisotopic (exact) mass is 309 g/mol. The number of ether oxygens (including phenoxy) is 1. The van der Waals surface area contributed by atoms with Crippen LogP contribution in [-0.2, 0) is 21.7 Å². The quantitative estimate of drug-likeness (QED) is 0.884. The van der Waals surface area contributed by atoms with Crippen LogP contribution < -0.4 is 10.1 Å². The van der Waals surface area contributed by atoms with Crippen molar-refractivity contribution in [2.75, 3.05) is 18.2 Å². The zero-order valence-electron chi connectivity index (χ0n) is 11.6. The first-order valence-electron chi connectivity index (χ1n) is 6.07. The Bertz CT molecular complexity index is 752. The Balaban J connectivity index is 2.14. The summed E-state index contributed by atoms with van der Waals surface area (Å²) in [7, 11) is -0.766. The number of methoxy groups -OCH3 is 1. The van der Waals surface area contributed by atoms with E-state index in [1.807, 2.05) is 0 Å². The minimum Gasteiger partial charge on any atom is -0.495 e. The predicted molar refractivity (Wildman–Crippen MR) is 76.9 cm³/mol. The minimum atomic E-state index is -3.79. The van der Waals surface area contributed by atoms with Crippen molar-refractivity contribution in [1.29, 1.82) is 0 Å². The molecule has 1 amide bonds. The standard InChI is InChI=1S/C13H15N3O4S/c1-16-8-7-14-13(16)21(18,19)9-12(17)15-10-5-3-4-6-11(10)20-2/h3-8H,9H2,1-2H3,(H,15,17). The van der Waals surface area contributed by atoms with Crippen LogP contribution in [0.1, 0.15) is 0 Å². The average molecular weight is 309 g/mol. The minimum absolute atomic E-state index is 0.141. The molecule has 1 N–H and O–H groups in total. The second kappa shape index (κ2) is 5.96. The summed E-state index contributed by atoms with van der Waals surface area (Å²) in [6, 6.07) is 6.76. The highest BCUT2D eigenvalue weighted by Crippen LogP contribution is 2.23. The number of hydrogen-bond donors (Lipinski definition) is 1. The first kappa shape index (κ1) is 15.0. The number of anilines is 1. The van der Waals surface area contributed by atoms with E-state index in [-0.39, 0.29) is 5.16 Å². The van der Waals surface area contributed by atoms with Gasteiger partial charge in [0.2, 0.25) is 20.9 Å². The number of carbonyl (C=O) groups is 1. The van der Waals surface area contributed by atoms with Gasteiger partial charge in [0, 0.05) is 19.4 Å². The molecule has 0 atom stereocenters. The molecule has 0 unspecified atom stereocenters. The lowest BCUT2D eigenvalue weighted by molar-refractivity contribution is -0.113. The molecule has 1 heterocycles. The van der Waals surface area contributed by atoms with Crippen LogP contribution in [0.4, 0.5) is 5.69 Å². The lowest BCUT2D eigenvalue weighted by Gasteiger charge is -2.10. The molecular formula is C13H15N3O4S. The van der Waals surface area contributed by atoms with Crippen molar-refractivity contribution >= 4 is 21.4 Å². The van der Waals surface area contributed by atoms with Crippen molar-refractivity contribution in [2.45, 2.75) is 5.16 Å². The van der Waals surface area contributed by atoms with E-state index in [0.29, 0.717) is 11.4 Å². The third-order valence-corrected chi connectivity index (χ3v) is 4.35. The molecule has 0 aliphatic heterocycles. The number of hydrogen-bond acceptors (Lipinski definition) is 5. The predicted octanol–water partition coefficient (Wildman–Crippen LogP) is 0.841. The van der Waals surface area contributed by atoms with Crippen LogP contribution in [0, 0.1) is 0 Å². The molecule has 0 bridgehead atoms. The van der Waals surface area contributed by atoms with E-state index in [9.17, 15) is 13.2 Å². The smallest absolute Gasteiger partial charge is 0.240 e. The molecule has 0 fully saturated rings. The summed E-state index contributed by atoms with van der Waals surface area (Å²) in [5, 5.41) is 2.38. The molecule has 7 nitrogen and oxygen atoms in total. The largest absolute Gasteiger partial charge is 0.495 e.